The summed E-state index contributed by atoms with van der Waals surface area (Å²) in [5.74, 6) is 2.65. The number of ether oxygens (including phenoxy) is 1. The third kappa shape index (κ3) is 4.06. The quantitative estimate of drug-likeness (QED) is 0.704. The predicted molar refractivity (Wildman–Crippen MR) is 69.6 cm³/mol. The van der Waals surface area contributed by atoms with Gasteiger partial charge in [-0.05, 0) is 56.9 Å². The third-order valence-corrected chi connectivity index (χ3v) is 4.26. The molecule has 0 aromatic rings. The largest absolute Gasteiger partial charge is 0.385 e. The highest BCUT2D eigenvalue weighted by Crippen LogP contribution is 2.35. The van der Waals surface area contributed by atoms with Crippen LogP contribution >= 0.6 is 0 Å². The van der Waals surface area contributed by atoms with Gasteiger partial charge in [-0.3, -0.25) is 0 Å². The van der Waals surface area contributed by atoms with Gasteiger partial charge in [-0.25, -0.2) is 0 Å². The fraction of sp³-hybridized carbons (Fsp3) is 1.00. The molecule has 0 saturated heterocycles. The molecule has 2 heteroatoms. The number of rotatable bonds is 6. The molecule has 1 N–H and O–H groups in total. The first-order chi connectivity index (χ1) is 7.69. The van der Waals surface area contributed by atoms with Crippen molar-refractivity contribution >= 4 is 0 Å². The van der Waals surface area contributed by atoms with Crippen molar-refractivity contribution in [2.75, 3.05) is 20.8 Å². The van der Waals surface area contributed by atoms with Gasteiger partial charge in [0, 0.05) is 19.8 Å². The van der Waals surface area contributed by atoms with Crippen molar-refractivity contribution in [3.05, 3.63) is 0 Å². The second-order valence-electron chi connectivity index (χ2n) is 5.61. The Morgan fingerprint density at radius 2 is 2.06 bits per heavy atom. The summed E-state index contributed by atoms with van der Waals surface area (Å²) in [6.07, 6.45) is 6.71. The zero-order chi connectivity index (χ0) is 12.0. The normalized spacial score (nSPS) is 30.9. The molecule has 0 radical (unpaired) electrons. The summed E-state index contributed by atoms with van der Waals surface area (Å²) in [6, 6.07) is 0.742. The van der Waals surface area contributed by atoms with Crippen LogP contribution in [0.25, 0.3) is 0 Å². The summed E-state index contributed by atoms with van der Waals surface area (Å²) in [6.45, 7) is 5.66. The molecular weight excluding hydrogens is 198 g/mol. The summed E-state index contributed by atoms with van der Waals surface area (Å²) in [5, 5.41) is 3.50. The van der Waals surface area contributed by atoms with Crippen molar-refractivity contribution in [1.29, 1.82) is 0 Å². The SMILES string of the molecule is CNC1CCC(C(C)C)CC1CCCOC. The van der Waals surface area contributed by atoms with E-state index in [0.29, 0.717) is 0 Å². The van der Waals surface area contributed by atoms with Gasteiger partial charge in [0.25, 0.3) is 0 Å². The van der Waals surface area contributed by atoms with Gasteiger partial charge >= 0.3 is 0 Å². The van der Waals surface area contributed by atoms with E-state index < -0.39 is 0 Å². The molecule has 2 nitrogen and oxygen atoms in total. The molecular formula is C14H29NO. The predicted octanol–water partition coefficient (Wildman–Crippen LogP) is 3.07. The molecule has 0 aromatic carbocycles. The first-order valence-corrected chi connectivity index (χ1v) is 6.85. The van der Waals surface area contributed by atoms with Crippen LogP contribution in [0.15, 0.2) is 0 Å². The zero-order valence-corrected chi connectivity index (χ0v) is 11.5. The second-order valence-corrected chi connectivity index (χ2v) is 5.61. The lowest BCUT2D eigenvalue weighted by molar-refractivity contribution is 0.142. The maximum absolute atomic E-state index is 5.16. The summed E-state index contributed by atoms with van der Waals surface area (Å²) in [4.78, 5) is 0. The summed E-state index contributed by atoms with van der Waals surface area (Å²) >= 11 is 0. The lowest BCUT2D eigenvalue weighted by atomic mass is 9.72. The minimum atomic E-state index is 0.742. The molecule has 0 heterocycles. The summed E-state index contributed by atoms with van der Waals surface area (Å²) < 4.78 is 5.16. The van der Waals surface area contributed by atoms with Crippen LogP contribution in [0.4, 0.5) is 0 Å². The van der Waals surface area contributed by atoms with Gasteiger partial charge in [0.05, 0.1) is 0 Å². The molecule has 1 rings (SSSR count). The molecule has 0 amide bonds. The Labute approximate surface area is 101 Å². The molecule has 1 aliphatic carbocycles. The van der Waals surface area contributed by atoms with Crippen molar-refractivity contribution in [3.8, 4) is 0 Å². The van der Waals surface area contributed by atoms with E-state index in [1.807, 2.05) is 0 Å². The first-order valence-electron chi connectivity index (χ1n) is 6.85. The molecule has 0 aliphatic heterocycles. The van der Waals surface area contributed by atoms with Crippen LogP contribution in [0, 0.1) is 17.8 Å². The minimum Gasteiger partial charge on any atom is -0.385 e. The number of hydrogen-bond acceptors (Lipinski definition) is 2. The maximum Gasteiger partial charge on any atom is 0.0462 e. The van der Waals surface area contributed by atoms with Crippen LogP contribution in [-0.2, 0) is 4.74 Å². The van der Waals surface area contributed by atoms with E-state index in [2.05, 4.69) is 26.2 Å². The van der Waals surface area contributed by atoms with Gasteiger partial charge in [0.2, 0.25) is 0 Å². The lowest BCUT2D eigenvalue weighted by Gasteiger charge is -2.38. The van der Waals surface area contributed by atoms with Crippen LogP contribution in [0.5, 0.6) is 0 Å². The molecule has 1 fully saturated rings. The second kappa shape index (κ2) is 7.29. The van der Waals surface area contributed by atoms with Crippen molar-refractivity contribution in [1.82, 2.24) is 5.32 Å². The molecule has 3 atom stereocenters. The van der Waals surface area contributed by atoms with E-state index in [0.717, 1.165) is 30.4 Å². The van der Waals surface area contributed by atoms with E-state index in [4.69, 9.17) is 4.74 Å². The van der Waals surface area contributed by atoms with Crippen molar-refractivity contribution < 1.29 is 4.74 Å². The maximum atomic E-state index is 5.16. The molecule has 0 aromatic heterocycles. The van der Waals surface area contributed by atoms with E-state index in [1.165, 1.54) is 32.1 Å². The first kappa shape index (κ1) is 14.0. The standard InChI is InChI=1S/C14H29NO/c1-11(2)12-7-8-14(15-3)13(10-12)6-5-9-16-4/h11-15H,5-10H2,1-4H3. The number of nitrogens with one attached hydrogen (secondary N) is 1. The molecule has 1 saturated carbocycles. The van der Waals surface area contributed by atoms with Crippen LogP contribution in [0.2, 0.25) is 0 Å². The van der Waals surface area contributed by atoms with Gasteiger partial charge in [-0.2, -0.15) is 0 Å². The Morgan fingerprint density at radius 1 is 1.31 bits per heavy atom. The Morgan fingerprint density at radius 3 is 2.62 bits per heavy atom. The van der Waals surface area contributed by atoms with Gasteiger partial charge in [-0.1, -0.05) is 13.8 Å². The average molecular weight is 227 g/mol. The van der Waals surface area contributed by atoms with Gasteiger partial charge in [0.1, 0.15) is 0 Å². The van der Waals surface area contributed by atoms with Gasteiger partial charge in [-0.15, -0.1) is 0 Å². The Kier molecular flexibility index (Phi) is 6.37. The highest BCUT2D eigenvalue weighted by Gasteiger charge is 2.30. The highest BCUT2D eigenvalue weighted by atomic mass is 16.5. The third-order valence-electron chi connectivity index (χ3n) is 4.26. The van der Waals surface area contributed by atoms with Gasteiger partial charge in [0.15, 0.2) is 0 Å². The number of methoxy groups -OCH3 is 1. The lowest BCUT2D eigenvalue weighted by Crippen LogP contribution is -2.39. The average Bonchev–Trinajstić information content (AvgIpc) is 2.29. The Hall–Kier alpha value is -0.0800. The van der Waals surface area contributed by atoms with E-state index >= 15 is 0 Å². The van der Waals surface area contributed by atoms with Crippen LogP contribution in [-0.4, -0.2) is 26.8 Å². The summed E-state index contributed by atoms with van der Waals surface area (Å²) in [7, 11) is 3.91. The molecule has 1 aliphatic rings. The Bertz CT molecular complexity index is 182. The Balaban J connectivity index is 2.40. The topological polar surface area (TPSA) is 21.3 Å². The minimum absolute atomic E-state index is 0.742. The molecule has 0 bridgehead atoms. The smallest absolute Gasteiger partial charge is 0.0462 e. The zero-order valence-electron chi connectivity index (χ0n) is 11.5. The van der Waals surface area contributed by atoms with Crippen molar-refractivity contribution in [2.24, 2.45) is 17.8 Å². The molecule has 0 spiro atoms. The fourth-order valence-corrected chi connectivity index (χ4v) is 3.09. The van der Waals surface area contributed by atoms with Crippen molar-refractivity contribution in [3.63, 3.8) is 0 Å². The van der Waals surface area contributed by atoms with E-state index in [1.54, 1.807) is 7.11 Å². The van der Waals surface area contributed by atoms with Crippen LogP contribution in [0.3, 0.4) is 0 Å². The molecule has 3 unspecified atom stereocenters. The van der Waals surface area contributed by atoms with Gasteiger partial charge < -0.3 is 10.1 Å². The molecule has 16 heavy (non-hydrogen) atoms. The van der Waals surface area contributed by atoms with E-state index in [9.17, 15) is 0 Å². The highest BCUT2D eigenvalue weighted by molar-refractivity contribution is 4.85. The summed E-state index contributed by atoms with van der Waals surface area (Å²) in [5.41, 5.74) is 0. The molecule has 96 valence electrons. The van der Waals surface area contributed by atoms with E-state index in [-0.39, 0.29) is 0 Å². The van der Waals surface area contributed by atoms with Crippen molar-refractivity contribution in [2.45, 2.75) is 52.0 Å². The monoisotopic (exact) mass is 227 g/mol. The number of hydrogen-bond donors (Lipinski definition) is 1. The van der Waals surface area contributed by atoms with Crippen LogP contribution < -0.4 is 5.32 Å². The van der Waals surface area contributed by atoms with Crippen LogP contribution in [0.1, 0.15) is 46.0 Å². The fourth-order valence-electron chi connectivity index (χ4n) is 3.09.